The molecule has 0 aromatic heterocycles. The zero-order valence-electron chi connectivity index (χ0n) is 11.0. The van der Waals surface area contributed by atoms with Crippen molar-refractivity contribution in [2.75, 3.05) is 9.03 Å². The number of hydrogen-bond acceptors (Lipinski definition) is 4. The van der Waals surface area contributed by atoms with E-state index in [1.807, 2.05) is 4.72 Å². The fourth-order valence-electron chi connectivity index (χ4n) is 1.79. The van der Waals surface area contributed by atoms with Crippen LogP contribution in [-0.4, -0.2) is 25.9 Å². The Morgan fingerprint density at radius 3 is 1.73 bits per heavy atom. The summed E-state index contributed by atoms with van der Waals surface area (Å²) in [6.45, 7) is 0. The van der Waals surface area contributed by atoms with E-state index in [4.69, 9.17) is 4.55 Å². The second-order valence-electron chi connectivity index (χ2n) is 4.20. The third-order valence-electron chi connectivity index (χ3n) is 2.57. The number of nitrogens with zero attached hydrogens (tertiary/aromatic N) is 1. The minimum absolute atomic E-state index is 0.0367. The van der Waals surface area contributed by atoms with Crippen LogP contribution in [0.25, 0.3) is 0 Å². The van der Waals surface area contributed by atoms with Gasteiger partial charge in [-0.2, -0.15) is 16.8 Å². The van der Waals surface area contributed by atoms with Crippen molar-refractivity contribution < 1.29 is 25.9 Å². The van der Waals surface area contributed by atoms with Gasteiger partial charge in [-0.05, 0) is 36.4 Å². The van der Waals surface area contributed by atoms with Crippen LogP contribution in [0.3, 0.4) is 0 Å². The van der Waals surface area contributed by atoms with Crippen molar-refractivity contribution in [1.29, 1.82) is 0 Å². The highest BCUT2D eigenvalue weighted by Gasteiger charge is 2.21. The first-order chi connectivity index (χ1) is 10.2. The second kappa shape index (κ2) is 5.93. The zero-order valence-corrected chi connectivity index (χ0v) is 12.6. The van der Waals surface area contributed by atoms with E-state index in [0.29, 0.717) is 4.31 Å². The predicted octanol–water partition coefficient (Wildman–Crippen LogP) is 1.84. The molecule has 0 saturated carbocycles. The van der Waals surface area contributed by atoms with Crippen LogP contribution < -0.4 is 9.03 Å². The maximum absolute atomic E-state index is 11.6. The van der Waals surface area contributed by atoms with Crippen LogP contribution in [0.2, 0.25) is 0 Å². The molecule has 3 N–H and O–H groups in total. The zero-order chi connectivity index (χ0) is 16.4. The molecule has 0 bridgehead atoms. The number of anilines is 3. The van der Waals surface area contributed by atoms with Gasteiger partial charge in [-0.1, -0.05) is 18.2 Å². The Morgan fingerprint density at radius 1 is 0.773 bits per heavy atom. The maximum Gasteiger partial charge on any atom is 0.364 e. The molecule has 0 fully saturated rings. The van der Waals surface area contributed by atoms with Crippen LogP contribution in [0, 0.1) is 0 Å². The average molecular weight is 344 g/mol. The Labute approximate surface area is 127 Å². The molecule has 0 aliphatic rings. The molecule has 118 valence electrons. The van der Waals surface area contributed by atoms with Crippen LogP contribution in [-0.2, 0) is 20.6 Å². The summed E-state index contributed by atoms with van der Waals surface area (Å²) >= 11 is 0. The maximum atomic E-state index is 11.6. The topological polar surface area (TPSA) is 124 Å². The van der Waals surface area contributed by atoms with Crippen LogP contribution >= 0.6 is 0 Å². The average Bonchev–Trinajstić information content (AvgIpc) is 2.39. The quantitative estimate of drug-likeness (QED) is 0.711. The van der Waals surface area contributed by atoms with Crippen molar-refractivity contribution in [3.63, 3.8) is 0 Å². The van der Waals surface area contributed by atoms with Crippen molar-refractivity contribution in [2.24, 2.45) is 0 Å². The molecular weight excluding hydrogens is 332 g/mol. The van der Waals surface area contributed by atoms with Crippen molar-refractivity contribution in [2.45, 2.75) is 0 Å². The Kier molecular flexibility index (Phi) is 4.37. The van der Waals surface area contributed by atoms with Gasteiger partial charge in [0.1, 0.15) is 0 Å². The Morgan fingerprint density at radius 2 is 1.27 bits per heavy atom. The van der Waals surface area contributed by atoms with Crippen molar-refractivity contribution in [1.82, 2.24) is 0 Å². The first-order valence-corrected chi connectivity index (χ1v) is 8.68. The van der Waals surface area contributed by atoms with E-state index >= 15 is 0 Å². The third-order valence-corrected chi connectivity index (χ3v) is 3.95. The summed E-state index contributed by atoms with van der Waals surface area (Å²) in [7, 11) is -9.00. The van der Waals surface area contributed by atoms with Crippen molar-refractivity contribution >= 4 is 37.7 Å². The lowest BCUT2D eigenvalue weighted by Crippen LogP contribution is -2.25. The number of para-hydroxylation sites is 1. The molecule has 22 heavy (non-hydrogen) atoms. The Balaban J connectivity index is 2.42. The molecule has 0 radical (unpaired) electrons. The lowest BCUT2D eigenvalue weighted by molar-refractivity contribution is 0.482. The summed E-state index contributed by atoms with van der Waals surface area (Å²) in [6.07, 6.45) is 0. The third kappa shape index (κ3) is 4.18. The molecule has 0 atom stereocenters. The summed E-state index contributed by atoms with van der Waals surface area (Å²) < 4.78 is 65.1. The van der Waals surface area contributed by atoms with E-state index in [2.05, 4.69) is 0 Å². The minimum Gasteiger partial charge on any atom is -0.269 e. The molecule has 0 aliphatic heterocycles. The molecule has 0 unspecified atom stereocenters. The van der Waals surface area contributed by atoms with Gasteiger partial charge in [-0.25, -0.2) is 4.31 Å². The van der Waals surface area contributed by atoms with Crippen LogP contribution in [0.5, 0.6) is 0 Å². The van der Waals surface area contributed by atoms with E-state index in [1.165, 1.54) is 36.4 Å². The van der Waals surface area contributed by atoms with Gasteiger partial charge in [0.25, 0.3) is 0 Å². The van der Waals surface area contributed by atoms with Crippen LogP contribution in [0.4, 0.5) is 17.1 Å². The minimum atomic E-state index is -4.57. The summed E-state index contributed by atoms with van der Waals surface area (Å²) in [5, 5.41) is 0. The van der Waals surface area contributed by atoms with Gasteiger partial charge in [0.2, 0.25) is 0 Å². The highest BCUT2D eigenvalue weighted by atomic mass is 32.2. The monoisotopic (exact) mass is 344 g/mol. The van der Waals surface area contributed by atoms with Gasteiger partial charge in [-0.15, -0.1) is 0 Å². The molecular formula is C12H12N2O6S2. The number of hydrogen-bond donors (Lipinski definition) is 3. The van der Waals surface area contributed by atoms with E-state index in [9.17, 15) is 21.4 Å². The van der Waals surface area contributed by atoms with Gasteiger partial charge in [0.15, 0.2) is 0 Å². The van der Waals surface area contributed by atoms with Crippen molar-refractivity contribution in [3.8, 4) is 0 Å². The van der Waals surface area contributed by atoms with Gasteiger partial charge >= 0.3 is 20.6 Å². The van der Waals surface area contributed by atoms with Crippen molar-refractivity contribution in [3.05, 3.63) is 54.6 Å². The molecule has 10 heteroatoms. The van der Waals surface area contributed by atoms with E-state index in [0.717, 1.165) is 0 Å². The first kappa shape index (κ1) is 16.2. The fraction of sp³-hybridized carbons (Fsp3) is 0. The number of nitrogens with one attached hydrogen (secondary N) is 1. The summed E-state index contributed by atoms with van der Waals surface area (Å²) in [5.41, 5.74) is 0.338. The standard InChI is InChI=1S/C12H12N2O6S2/c15-21(16,17)13-10-6-8-12(9-7-10)14(22(18,19)20)11-4-2-1-3-5-11/h1-9,13H,(H,15,16,17)(H,18,19,20). The Bertz CT molecular complexity index is 848. The SMILES string of the molecule is O=S(=O)(O)Nc1ccc(N(c2ccccc2)S(=O)(=O)O)cc1. The lowest BCUT2D eigenvalue weighted by Gasteiger charge is -2.21. The number of rotatable bonds is 5. The Hall–Kier alpha value is -2.14. The molecule has 2 rings (SSSR count). The van der Waals surface area contributed by atoms with Gasteiger partial charge in [-0.3, -0.25) is 13.8 Å². The molecule has 8 nitrogen and oxygen atoms in total. The van der Waals surface area contributed by atoms with Crippen LogP contribution in [0.15, 0.2) is 54.6 Å². The van der Waals surface area contributed by atoms with E-state index < -0.39 is 20.6 Å². The van der Waals surface area contributed by atoms with E-state index in [1.54, 1.807) is 18.2 Å². The largest absolute Gasteiger partial charge is 0.364 e. The normalized spacial score (nSPS) is 11.9. The summed E-state index contributed by atoms with van der Waals surface area (Å²) in [5.74, 6) is 0. The molecule has 0 saturated heterocycles. The lowest BCUT2D eigenvalue weighted by atomic mass is 10.2. The smallest absolute Gasteiger partial charge is 0.269 e. The summed E-state index contributed by atoms with van der Waals surface area (Å²) in [6, 6.07) is 12.9. The fourth-order valence-corrected chi connectivity index (χ4v) is 3.00. The molecule has 0 heterocycles. The van der Waals surface area contributed by atoms with Gasteiger partial charge < -0.3 is 0 Å². The van der Waals surface area contributed by atoms with Crippen LogP contribution in [0.1, 0.15) is 0 Å². The van der Waals surface area contributed by atoms with E-state index in [-0.39, 0.29) is 17.1 Å². The molecule has 0 spiro atoms. The molecule has 2 aromatic carbocycles. The molecule has 0 aliphatic carbocycles. The van der Waals surface area contributed by atoms with Gasteiger partial charge in [0, 0.05) is 0 Å². The molecule has 2 aromatic rings. The summed E-state index contributed by atoms with van der Waals surface area (Å²) in [4.78, 5) is 0. The second-order valence-corrected chi connectivity index (χ2v) is 6.62. The highest BCUT2D eigenvalue weighted by Crippen LogP contribution is 2.29. The number of benzene rings is 2. The molecule has 0 amide bonds. The predicted molar refractivity (Wildman–Crippen MR) is 81.7 cm³/mol. The first-order valence-electron chi connectivity index (χ1n) is 5.85. The van der Waals surface area contributed by atoms with Gasteiger partial charge in [0.05, 0.1) is 17.1 Å². The highest BCUT2D eigenvalue weighted by molar-refractivity contribution is 7.87.